The minimum Gasteiger partial charge on any atom is -0.508 e. The van der Waals surface area contributed by atoms with Crippen LogP contribution in [0.5, 0.6) is 11.5 Å². The van der Waals surface area contributed by atoms with Crippen LogP contribution in [0.4, 0.5) is 5.95 Å². The summed E-state index contributed by atoms with van der Waals surface area (Å²) in [6.07, 6.45) is 1.90. The topological polar surface area (TPSA) is 99.0 Å². The fourth-order valence-electron chi connectivity index (χ4n) is 4.01. The van der Waals surface area contributed by atoms with Gasteiger partial charge in [-0.25, -0.2) is 0 Å². The number of H-pyrrole nitrogens is 1. The average Bonchev–Trinajstić information content (AvgIpc) is 3.44. The van der Waals surface area contributed by atoms with Gasteiger partial charge in [0.15, 0.2) is 5.82 Å². The molecule has 0 spiro atoms. The molecular weight excluding hydrogens is 414 g/mol. The van der Waals surface area contributed by atoms with Gasteiger partial charge >= 0.3 is 0 Å². The number of hydrogen-bond donors (Lipinski definition) is 4. The van der Waals surface area contributed by atoms with Gasteiger partial charge in [-0.1, -0.05) is 44.2 Å². The van der Waals surface area contributed by atoms with Crippen molar-refractivity contribution >= 4 is 16.9 Å². The van der Waals surface area contributed by atoms with Gasteiger partial charge in [-0.05, 0) is 47.4 Å². The van der Waals surface area contributed by atoms with Crippen LogP contribution in [-0.4, -0.2) is 30.0 Å². The van der Waals surface area contributed by atoms with Gasteiger partial charge < -0.3 is 20.5 Å². The summed E-state index contributed by atoms with van der Waals surface area (Å²) >= 11 is 0. The van der Waals surface area contributed by atoms with E-state index in [1.54, 1.807) is 6.07 Å². The number of fused-ring (bicyclic) bond motifs is 1. The molecular formula is C26H25N5O2. The van der Waals surface area contributed by atoms with E-state index in [1.807, 2.05) is 79.2 Å². The number of aromatic amines is 1. The Morgan fingerprint density at radius 3 is 2.55 bits per heavy atom. The third-order valence-corrected chi connectivity index (χ3v) is 5.76. The zero-order valence-corrected chi connectivity index (χ0v) is 18.4. The smallest absolute Gasteiger partial charge is 0.229 e. The number of aromatic hydroxyl groups is 2. The van der Waals surface area contributed by atoms with Crippen molar-refractivity contribution < 1.29 is 10.2 Å². The molecule has 3 aromatic carbocycles. The van der Waals surface area contributed by atoms with E-state index in [0.717, 1.165) is 27.7 Å². The number of rotatable bonds is 6. The molecule has 0 bridgehead atoms. The Balaban J connectivity index is 1.65. The molecule has 5 aromatic rings. The molecule has 0 aliphatic heterocycles. The normalized spacial score (nSPS) is 11.4. The quantitative estimate of drug-likeness (QED) is 0.278. The maximum absolute atomic E-state index is 10.7. The summed E-state index contributed by atoms with van der Waals surface area (Å²) in [6.45, 7) is 4.56. The monoisotopic (exact) mass is 439 g/mol. The third kappa shape index (κ3) is 3.89. The van der Waals surface area contributed by atoms with Crippen molar-refractivity contribution in [3.05, 3.63) is 84.1 Å². The number of phenolic OH excluding ortho intramolecular Hbond substituents is 2. The highest BCUT2D eigenvalue weighted by Crippen LogP contribution is 2.39. The summed E-state index contributed by atoms with van der Waals surface area (Å²) in [5, 5.41) is 34.3. The highest BCUT2D eigenvalue weighted by molar-refractivity contribution is 5.82. The predicted molar refractivity (Wildman–Crippen MR) is 130 cm³/mol. The van der Waals surface area contributed by atoms with E-state index < -0.39 is 0 Å². The zero-order chi connectivity index (χ0) is 22.9. The molecule has 0 unspecified atom stereocenters. The molecule has 7 heteroatoms. The molecule has 0 saturated carbocycles. The van der Waals surface area contributed by atoms with E-state index in [2.05, 4.69) is 20.5 Å². The van der Waals surface area contributed by atoms with Crippen molar-refractivity contribution in [3.8, 4) is 28.6 Å². The fourth-order valence-corrected chi connectivity index (χ4v) is 4.01. The number of nitrogens with one attached hydrogen (secondary N) is 2. The number of benzene rings is 3. The fraction of sp³-hybridized carbons (Fsp3) is 0.154. The van der Waals surface area contributed by atoms with Crippen LogP contribution in [0.2, 0.25) is 0 Å². The number of phenols is 2. The highest BCUT2D eigenvalue weighted by atomic mass is 16.3. The molecule has 0 saturated heterocycles. The number of anilines is 1. The zero-order valence-electron chi connectivity index (χ0n) is 18.4. The molecule has 7 nitrogen and oxygen atoms in total. The maximum atomic E-state index is 10.7. The van der Waals surface area contributed by atoms with Crippen molar-refractivity contribution in [2.75, 3.05) is 5.32 Å². The summed E-state index contributed by atoms with van der Waals surface area (Å²) in [7, 11) is 0. The van der Waals surface area contributed by atoms with Crippen LogP contribution in [0.25, 0.3) is 28.0 Å². The molecule has 0 radical (unpaired) electrons. The van der Waals surface area contributed by atoms with E-state index in [4.69, 9.17) is 0 Å². The SMILES string of the molecule is CC(C)c1cc(-c2nnc(NCc3ccccc3)n2-c2ccc3[nH]ccc3c2)c(O)cc1O. The van der Waals surface area contributed by atoms with Crippen LogP contribution in [-0.2, 0) is 6.54 Å². The Morgan fingerprint density at radius 1 is 0.939 bits per heavy atom. The highest BCUT2D eigenvalue weighted by Gasteiger charge is 2.21. The van der Waals surface area contributed by atoms with Gasteiger partial charge in [0.25, 0.3) is 0 Å². The Kier molecular flexibility index (Phi) is 5.22. The summed E-state index contributed by atoms with van der Waals surface area (Å²) in [5.74, 6) is 1.13. The largest absolute Gasteiger partial charge is 0.508 e. The van der Waals surface area contributed by atoms with Crippen LogP contribution >= 0.6 is 0 Å². The summed E-state index contributed by atoms with van der Waals surface area (Å²) in [5.41, 5.74) is 4.24. The summed E-state index contributed by atoms with van der Waals surface area (Å²) < 4.78 is 1.89. The molecule has 5 rings (SSSR count). The lowest BCUT2D eigenvalue weighted by atomic mass is 9.98. The maximum Gasteiger partial charge on any atom is 0.229 e. The Labute approximate surface area is 191 Å². The molecule has 166 valence electrons. The minimum absolute atomic E-state index is 0.0529. The van der Waals surface area contributed by atoms with E-state index in [0.29, 0.717) is 23.9 Å². The lowest BCUT2D eigenvalue weighted by Crippen LogP contribution is -2.07. The Bertz CT molecular complexity index is 1420. The first kappa shape index (κ1) is 20.6. The first-order chi connectivity index (χ1) is 16.0. The van der Waals surface area contributed by atoms with Gasteiger partial charge in [0.05, 0.1) is 11.3 Å². The molecule has 0 fully saturated rings. The molecule has 0 amide bonds. The molecule has 33 heavy (non-hydrogen) atoms. The summed E-state index contributed by atoms with van der Waals surface area (Å²) in [6, 6.07) is 21.3. The first-order valence-corrected chi connectivity index (χ1v) is 10.9. The molecule has 2 aromatic heterocycles. The van der Waals surface area contributed by atoms with E-state index in [9.17, 15) is 10.2 Å². The van der Waals surface area contributed by atoms with Gasteiger partial charge in [-0.2, -0.15) is 0 Å². The predicted octanol–water partition coefficient (Wildman–Crippen LogP) is 5.56. The van der Waals surface area contributed by atoms with Gasteiger partial charge in [0.1, 0.15) is 11.5 Å². The van der Waals surface area contributed by atoms with Crippen molar-refractivity contribution in [1.82, 2.24) is 19.7 Å². The van der Waals surface area contributed by atoms with Crippen LogP contribution < -0.4 is 5.32 Å². The average molecular weight is 440 g/mol. The second kappa shape index (κ2) is 8.35. The van der Waals surface area contributed by atoms with E-state index >= 15 is 0 Å². The van der Waals surface area contributed by atoms with E-state index in [1.165, 1.54) is 6.07 Å². The second-order valence-electron chi connectivity index (χ2n) is 8.35. The Hall–Kier alpha value is -4.26. The Morgan fingerprint density at radius 2 is 1.76 bits per heavy atom. The van der Waals surface area contributed by atoms with Crippen LogP contribution in [0, 0.1) is 0 Å². The van der Waals surface area contributed by atoms with Crippen LogP contribution in [0.3, 0.4) is 0 Å². The first-order valence-electron chi connectivity index (χ1n) is 10.9. The summed E-state index contributed by atoms with van der Waals surface area (Å²) in [4.78, 5) is 3.21. The van der Waals surface area contributed by atoms with E-state index in [-0.39, 0.29) is 17.4 Å². The number of hydrogen-bond acceptors (Lipinski definition) is 5. The van der Waals surface area contributed by atoms with Gasteiger partial charge in [0, 0.05) is 29.7 Å². The molecule has 4 N–H and O–H groups in total. The van der Waals surface area contributed by atoms with Crippen molar-refractivity contribution in [1.29, 1.82) is 0 Å². The van der Waals surface area contributed by atoms with Crippen molar-refractivity contribution in [2.45, 2.75) is 26.3 Å². The lowest BCUT2D eigenvalue weighted by Gasteiger charge is -2.15. The third-order valence-electron chi connectivity index (χ3n) is 5.76. The molecule has 0 aliphatic carbocycles. The van der Waals surface area contributed by atoms with Crippen molar-refractivity contribution in [2.24, 2.45) is 0 Å². The van der Waals surface area contributed by atoms with Gasteiger partial charge in [-0.15, -0.1) is 10.2 Å². The lowest BCUT2D eigenvalue weighted by molar-refractivity contribution is 0.444. The number of aromatic nitrogens is 4. The van der Waals surface area contributed by atoms with Crippen molar-refractivity contribution in [3.63, 3.8) is 0 Å². The van der Waals surface area contributed by atoms with Gasteiger partial charge in [-0.3, -0.25) is 4.57 Å². The number of nitrogens with zero attached hydrogens (tertiary/aromatic N) is 3. The molecule has 0 aliphatic rings. The van der Waals surface area contributed by atoms with Gasteiger partial charge in [0.2, 0.25) is 5.95 Å². The molecule has 0 atom stereocenters. The van der Waals surface area contributed by atoms with Crippen LogP contribution in [0.1, 0.15) is 30.9 Å². The minimum atomic E-state index is -0.0529. The molecule has 2 heterocycles. The second-order valence-corrected chi connectivity index (χ2v) is 8.35. The van der Waals surface area contributed by atoms with Crippen LogP contribution in [0.15, 0.2) is 72.9 Å². The standard InChI is InChI=1S/C26H25N5O2/c1-16(2)20-13-21(24(33)14-23(20)32)25-29-30-26(28-15-17-6-4-3-5-7-17)31(25)19-8-9-22-18(12-19)10-11-27-22/h3-14,16,27,32-33H,15H2,1-2H3,(H,28,30).